The van der Waals surface area contributed by atoms with Gasteiger partial charge in [0.2, 0.25) is 0 Å². The molecule has 1 heterocycles. The van der Waals surface area contributed by atoms with Crippen molar-refractivity contribution in [2.75, 3.05) is 26.2 Å². The summed E-state index contributed by atoms with van der Waals surface area (Å²) in [5.74, 6) is -0.285. The van der Waals surface area contributed by atoms with Gasteiger partial charge in [0.1, 0.15) is 5.54 Å². The molecule has 0 aromatic heterocycles. The van der Waals surface area contributed by atoms with Crippen molar-refractivity contribution in [3.63, 3.8) is 0 Å². The van der Waals surface area contributed by atoms with E-state index in [9.17, 15) is 4.79 Å². The number of hydrogen-bond donors (Lipinski definition) is 1. The highest BCUT2D eigenvalue weighted by Crippen LogP contribution is 2.28. The molecule has 1 saturated heterocycles. The van der Waals surface area contributed by atoms with Crippen molar-refractivity contribution in [3.05, 3.63) is 0 Å². The zero-order valence-electron chi connectivity index (χ0n) is 12.3. The van der Waals surface area contributed by atoms with Crippen LogP contribution in [0.15, 0.2) is 0 Å². The van der Waals surface area contributed by atoms with Gasteiger partial charge in [0, 0.05) is 6.54 Å². The van der Waals surface area contributed by atoms with E-state index in [0.29, 0.717) is 18.4 Å². The fourth-order valence-electron chi connectivity index (χ4n) is 2.48. The minimum Gasteiger partial charge on any atom is -0.465 e. The molecule has 1 atom stereocenters. The molecule has 4 heteroatoms. The maximum absolute atomic E-state index is 11.6. The average Bonchev–Trinajstić information content (AvgIpc) is 2.58. The third-order valence-electron chi connectivity index (χ3n) is 3.67. The Balaban J connectivity index is 2.27. The maximum atomic E-state index is 11.6. The van der Waals surface area contributed by atoms with Gasteiger partial charge < -0.3 is 15.4 Å². The van der Waals surface area contributed by atoms with Crippen molar-refractivity contribution in [1.29, 1.82) is 0 Å². The molecule has 0 saturated carbocycles. The Hall–Kier alpha value is -0.610. The van der Waals surface area contributed by atoms with Gasteiger partial charge in [-0.1, -0.05) is 13.8 Å². The number of hydrogen-bond acceptors (Lipinski definition) is 4. The number of nitrogens with two attached hydrogens (primary N) is 1. The van der Waals surface area contributed by atoms with Crippen LogP contribution in [0, 0.1) is 5.41 Å². The van der Waals surface area contributed by atoms with E-state index in [1.165, 1.54) is 6.42 Å². The van der Waals surface area contributed by atoms with Crippen LogP contribution in [0.1, 0.15) is 47.0 Å². The molecule has 1 aliphatic heterocycles. The monoisotopic (exact) mass is 256 g/mol. The van der Waals surface area contributed by atoms with Crippen LogP contribution in [-0.2, 0) is 9.53 Å². The standard InChI is InChI=1S/C14H28N2O2/c1-5-18-12(17)14(4,15)7-6-9-16-10-8-13(2,3)11-16/h5-11,15H2,1-4H3. The van der Waals surface area contributed by atoms with Gasteiger partial charge in [0.15, 0.2) is 0 Å². The van der Waals surface area contributed by atoms with Crippen molar-refractivity contribution in [2.24, 2.45) is 11.1 Å². The summed E-state index contributed by atoms with van der Waals surface area (Å²) in [5.41, 5.74) is 5.59. The Labute approximate surface area is 111 Å². The van der Waals surface area contributed by atoms with Crippen molar-refractivity contribution in [1.82, 2.24) is 4.90 Å². The van der Waals surface area contributed by atoms with E-state index >= 15 is 0 Å². The summed E-state index contributed by atoms with van der Waals surface area (Å²) in [6.45, 7) is 11.9. The van der Waals surface area contributed by atoms with E-state index in [1.54, 1.807) is 13.8 Å². The summed E-state index contributed by atoms with van der Waals surface area (Å²) in [4.78, 5) is 14.1. The minimum atomic E-state index is -0.842. The first-order valence-corrected chi connectivity index (χ1v) is 6.95. The van der Waals surface area contributed by atoms with E-state index < -0.39 is 5.54 Å². The largest absolute Gasteiger partial charge is 0.465 e. The second-order valence-corrected chi connectivity index (χ2v) is 6.43. The first-order valence-electron chi connectivity index (χ1n) is 6.95. The number of carbonyl (C=O) groups excluding carboxylic acids is 1. The molecule has 0 amide bonds. The lowest BCUT2D eigenvalue weighted by molar-refractivity contribution is -0.149. The Morgan fingerprint density at radius 1 is 1.50 bits per heavy atom. The number of likely N-dealkylation sites (tertiary alicyclic amines) is 1. The molecule has 0 aliphatic carbocycles. The first-order chi connectivity index (χ1) is 8.27. The predicted octanol–water partition coefficient (Wildman–Crippen LogP) is 1.78. The summed E-state index contributed by atoms with van der Waals surface area (Å²) in [6, 6.07) is 0. The Bertz CT molecular complexity index is 288. The molecule has 1 fully saturated rings. The van der Waals surface area contributed by atoms with Crippen LogP contribution in [-0.4, -0.2) is 42.6 Å². The lowest BCUT2D eigenvalue weighted by Gasteiger charge is -2.24. The number of esters is 1. The number of rotatable bonds is 6. The van der Waals surface area contributed by atoms with Gasteiger partial charge >= 0.3 is 5.97 Å². The first kappa shape index (κ1) is 15.4. The van der Waals surface area contributed by atoms with E-state index in [0.717, 1.165) is 26.1 Å². The number of carbonyl (C=O) groups is 1. The van der Waals surface area contributed by atoms with Gasteiger partial charge in [0.05, 0.1) is 6.61 Å². The molecule has 4 nitrogen and oxygen atoms in total. The molecule has 1 unspecified atom stereocenters. The van der Waals surface area contributed by atoms with Crippen LogP contribution in [0.25, 0.3) is 0 Å². The molecule has 2 N–H and O–H groups in total. The molecule has 0 spiro atoms. The van der Waals surface area contributed by atoms with Crippen LogP contribution in [0.2, 0.25) is 0 Å². The fourth-order valence-corrected chi connectivity index (χ4v) is 2.48. The third-order valence-corrected chi connectivity index (χ3v) is 3.67. The lowest BCUT2D eigenvalue weighted by Crippen LogP contribution is -2.46. The highest BCUT2D eigenvalue weighted by molar-refractivity contribution is 5.79. The van der Waals surface area contributed by atoms with Crippen molar-refractivity contribution < 1.29 is 9.53 Å². The number of ether oxygens (including phenoxy) is 1. The molecule has 0 bridgehead atoms. The smallest absolute Gasteiger partial charge is 0.325 e. The van der Waals surface area contributed by atoms with Crippen LogP contribution in [0.5, 0.6) is 0 Å². The molecule has 0 aromatic carbocycles. The van der Waals surface area contributed by atoms with Gasteiger partial charge in [-0.2, -0.15) is 0 Å². The van der Waals surface area contributed by atoms with E-state index in [1.807, 2.05) is 0 Å². The van der Waals surface area contributed by atoms with Gasteiger partial charge in [-0.25, -0.2) is 0 Å². The molecule has 18 heavy (non-hydrogen) atoms. The normalized spacial score (nSPS) is 22.7. The fraction of sp³-hybridized carbons (Fsp3) is 0.929. The maximum Gasteiger partial charge on any atom is 0.325 e. The SMILES string of the molecule is CCOC(=O)C(C)(N)CCCN1CCC(C)(C)C1. The Morgan fingerprint density at radius 2 is 2.17 bits per heavy atom. The van der Waals surface area contributed by atoms with E-state index in [-0.39, 0.29) is 5.97 Å². The molecule has 106 valence electrons. The quantitative estimate of drug-likeness (QED) is 0.736. The minimum absolute atomic E-state index is 0.285. The average molecular weight is 256 g/mol. The number of nitrogens with zero attached hydrogens (tertiary/aromatic N) is 1. The van der Waals surface area contributed by atoms with Gasteiger partial charge in [0.25, 0.3) is 0 Å². The second-order valence-electron chi connectivity index (χ2n) is 6.43. The van der Waals surface area contributed by atoms with Gasteiger partial charge in [-0.05, 0) is 51.6 Å². The second kappa shape index (κ2) is 6.02. The molecule has 0 radical (unpaired) electrons. The molecule has 0 aromatic rings. The van der Waals surface area contributed by atoms with Gasteiger partial charge in [-0.15, -0.1) is 0 Å². The van der Waals surface area contributed by atoms with Crippen LogP contribution in [0.3, 0.4) is 0 Å². The van der Waals surface area contributed by atoms with Crippen LogP contribution < -0.4 is 5.73 Å². The molecule has 1 rings (SSSR count). The molecular formula is C14H28N2O2. The van der Waals surface area contributed by atoms with Crippen molar-refractivity contribution in [3.8, 4) is 0 Å². The molecular weight excluding hydrogens is 228 g/mol. The lowest BCUT2D eigenvalue weighted by atomic mass is 9.93. The Kier molecular flexibility index (Phi) is 5.17. The van der Waals surface area contributed by atoms with Crippen LogP contribution in [0.4, 0.5) is 0 Å². The zero-order chi connectivity index (χ0) is 13.8. The highest BCUT2D eigenvalue weighted by atomic mass is 16.5. The zero-order valence-corrected chi connectivity index (χ0v) is 12.3. The highest BCUT2D eigenvalue weighted by Gasteiger charge is 2.31. The summed E-state index contributed by atoms with van der Waals surface area (Å²) >= 11 is 0. The third kappa shape index (κ3) is 4.58. The van der Waals surface area contributed by atoms with Crippen molar-refractivity contribution in [2.45, 2.75) is 52.5 Å². The summed E-state index contributed by atoms with van der Waals surface area (Å²) in [6.07, 6.45) is 2.88. The Morgan fingerprint density at radius 3 is 2.67 bits per heavy atom. The van der Waals surface area contributed by atoms with Crippen LogP contribution >= 0.6 is 0 Å². The topological polar surface area (TPSA) is 55.6 Å². The van der Waals surface area contributed by atoms with Gasteiger partial charge in [-0.3, -0.25) is 4.79 Å². The molecule has 1 aliphatic rings. The summed E-state index contributed by atoms with van der Waals surface area (Å²) in [7, 11) is 0. The summed E-state index contributed by atoms with van der Waals surface area (Å²) in [5, 5.41) is 0. The van der Waals surface area contributed by atoms with E-state index in [4.69, 9.17) is 10.5 Å². The van der Waals surface area contributed by atoms with E-state index in [2.05, 4.69) is 18.7 Å². The van der Waals surface area contributed by atoms with Crippen molar-refractivity contribution >= 4 is 5.97 Å². The summed E-state index contributed by atoms with van der Waals surface area (Å²) < 4.78 is 4.98. The predicted molar refractivity (Wildman–Crippen MR) is 73.3 cm³/mol.